The Morgan fingerprint density at radius 1 is 1.04 bits per heavy atom. The van der Waals surface area contributed by atoms with Crippen LogP contribution in [0.3, 0.4) is 0 Å². The summed E-state index contributed by atoms with van der Waals surface area (Å²) in [6, 6.07) is 1.86. The molecule has 0 aliphatic carbocycles. The summed E-state index contributed by atoms with van der Waals surface area (Å²) in [7, 11) is -3.52. The van der Waals surface area contributed by atoms with Crippen molar-refractivity contribution in [1.82, 2.24) is 24.2 Å². The summed E-state index contributed by atoms with van der Waals surface area (Å²) in [5, 5.41) is 0.127. The summed E-state index contributed by atoms with van der Waals surface area (Å²) in [6.45, 7) is 4.87. The topological polar surface area (TPSA) is 108 Å². The SMILES string of the molecule is O=S(=O)(c1cnc[nH]1)N1CCN(c2ccnc(N3CCOCC3)n2)CC1. The molecule has 0 unspecified atom stereocenters. The number of aromatic nitrogens is 4. The Balaban J connectivity index is 1.43. The standard InChI is InChI=1S/C15H21N7O3S/c23-26(24,14-11-16-12-18-14)22-5-3-20(4-6-22)13-1-2-17-15(19-13)21-7-9-25-10-8-21/h1-2,11-12H,3-10H2,(H,16,18). The molecule has 0 aromatic carbocycles. The molecule has 140 valence electrons. The van der Waals surface area contributed by atoms with Gasteiger partial charge in [-0.3, -0.25) is 0 Å². The number of rotatable bonds is 4. The molecule has 0 bridgehead atoms. The number of hydrogen-bond donors (Lipinski definition) is 1. The predicted octanol–water partition coefficient (Wildman–Crippen LogP) is -0.453. The highest BCUT2D eigenvalue weighted by atomic mass is 32.2. The quantitative estimate of drug-likeness (QED) is 0.761. The number of nitrogens with one attached hydrogen (secondary N) is 1. The minimum atomic E-state index is -3.52. The summed E-state index contributed by atoms with van der Waals surface area (Å²) in [5.41, 5.74) is 0. The molecule has 1 N–H and O–H groups in total. The molecule has 0 amide bonds. The highest BCUT2D eigenvalue weighted by Gasteiger charge is 2.30. The number of ether oxygens (including phenoxy) is 1. The van der Waals surface area contributed by atoms with E-state index < -0.39 is 10.0 Å². The highest BCUT2D eigenvalue weighted by Crippen LogP contribution is 2.20. The maximum Gasteiger partial charge on any atom is 0.260 e. The van der Waals surface area contributed by atoms with Crippen LogP contribution in [0.25, 0.3) is 0 Å². The van der Waals surface area contributed by atoms with Crippen LogP contribution in [0.5, 0.6) is 0 Å². The van der Waals surface area contributed by atoms with Gasteiger partial charge in [-0.2, -0.15) is 9.29 Å². The Morgan fingerprint density at radius 3 is 2.50 bits per heavy atom. The second kappa shape index (κ2) is 7.17. The summed E-state index contributed by atoms with van der Waals surface area (Å²) in [4.78, 5) is 19.7. The van der Waals surface area contributed by atoms with Gasteiger partial charge in [-0.1, -0.05) is 0 Å². The first-order valence-corrected chi connectivity index (χ1v) is 9.98. The number of morpholine rings is 1. The molecule has 2 aliphatic heterocycles. The molecule has 4 heterocycles. The lowest BCUT2D eigenvalue weighted by Crippen LogP contribution is -2.49. The van der Waals surface area contributed by atoms with Crippen LogP contribution in [-0.4, -0.2) is 85.1 Å². The van der Waals surface area contributed by atoms with Gasteiger partial charge in [0.05, 0.1) is 25.7 Å². The van der Waals surface area contributed by atoms with Crippen molar-refractivity contribution < 1.29 is 13.2 Å². The first kappa shape index (κ1) is 17.2. The third-order valence-electron chi connectivity index (χ3n) is 4.58. The molecule has 4 rings (SSSR count). The fraction of sp³-hybridized carbons (Fsp3) is 0.533. The van der Waals surface area contributed by atoms with Gasteiger partial charge in [0.15, 0.2) is 5.03 Å². The number of nitrogens with zero attached hydrogens (tertiary/aromatic N) is 6. The summed E-state index contributed by atoms with van der Waals surface area (Å²) < 4.78 is 31.9. The van der Waals surface area contributed by atoms with Crippen LogP contribution in [0.1, 0.15) is 0 Å². The van der Waals surface area contributed by atoms with Gasteiger partial charge in [-0.25, -0.2) is 18.4 Å². The summed E-state index contributed by atoms with van der Waals surface area (Å²) in [5.74, 6) is 1.51. The summed E-state index contributed by atoms with van der Waals surface area (Å²) >= 11 is 0. The fourth-order valence-electron chi connectivity index (χ4n) is 3.11. The van der Waals surface area contributed by atoms with Crippen LogP contribution in [0, 0.1) is 0 Å². The fourth-order valence-corrected chi connectivity index (χ4v) is 4.43. The van der Waals surface area contributed by atoms with Crippen LogP contribution in [0.15, 0.2) is 29.8 Å². The maximum absolute atomic E-state index is 12.5. The van der Waals surface area contributed by atoms with Crippen LogP contribution in [0.4, 0.5) is 11.8 Å². The number of piperazine rings is 1. The lowest BCUT2D eigenvalue weighted by Gasteiger charge is -2.35. The third kappa shape index (κ3) is 3.37. The minimum absolute atomic E-state index is 0.127. The van der Waals surface area contributed by atoms with Gasteiger partial charge in [0.2, 0.25) is 5.95 Å². The first-order valence-electron chi connectivity index (χ1n) is 8.54. The minimum Gasteiger partial charge on any atom is -0.378 e. The predicted molar refractivity (Wildman–Crippen MR) is 94.6 cm³/mol. The zero-order valence-electron chi connectivity index (χ0n) is 14.3. The van der Waals surface area contributed by atoms with E-state index in [0.29, 0.717) is 45.3 Å². The van der Waals surface area contributed by atoms with E-state index in [0.717, 1.165) is 18.9 Å². The molecule has 2 fully saturated rings. The average molecular weight is 379 g/mol. The first-order chi connectivity index (χ1) is 12.6. The Labute approximate surface area is 151 Å². The van der Waals surface area contributed by atoms with E-state index in [-0.39, 0.29) is 5.03 Å². The van der Waals surface area contributed by atoms with Crippen molar-refractivity contribution in [3.63, 3.8) is 0 Å². The number of sulfonamides is 1. The molecule has 0 atom stereocenters. The van der Waals surface area contributed by atoms with E-state index in [1.165, 1.54) is 16.8 Å². The van der Waals surface area contributed by atoms with E-state index in [2.05, 4.69) is 29.7 Å². The lowest BCUT2D eigenvalue weighted by atomic mass is 10.3. The van der Waals surface area contributed by atoms with Gasteiger partial charge < -0.3 is 19.5 Å². The Bertz CT molecular complexity index is 829. The molecule has 2 aliphatic rings. The number of imidazole rings is 1. The molecule has 2 saturated heterocycles. The number of hydrogen-bond acceptors (Lipinski definition) is 8. The van der Waals surface area contributed by atoms with E-state index in [1.54, 1.807) is 6.20 Å². The van der Waals surface area contributed by atoms with Gasteiger partial charge in [-0.05, 0) is 6.07 Å². The second-order valence-electron chi connectivity index (χ2n) is 6.12. The molecule has 10 nitrogen and oxygen atoms in total. The Hall–Kier alpha value is -2.24. The molecule has 0 spiro atoms. The van der Waals surface area contributed by atoms with Gasteiger partial charge in [0.25, 0.3) is 10.0 Å². The Kier molecular flexibility index (Phi) is 4.74. The molecule has 2 aromatic rings. The molecular weight excluding hydrogens is 358 g/mol. The zero-order chi connectivity index (χ0) is 18.0. The van der Waals surface area contributed by atoms with Crippen LogP contribution in [0.2, 0.25) is 0 Å². The highest BCUT2D eigenvalue weighted by molar-refractivity contribution is 7.89. The van der Waals surface area contributed by atoms with Crippen molar-refractivity contribution in [1.29, 1.82) is 0 Å². The number of anilines is 2. The van der Waals surface area contributed by atoms with E-state index in [9.17, 15) is 8.42 Å². The molecule has 0 saturated carbocycles. The van der Waals surface area contributed by atoms with Gasteiger partial charge in [-0.15, -0.1) is 0 Å². The normalized spacial score (nSPS) is 19.7. The molecular formula is C15H21N7O3S. The third-order valence-corrected chi connectivity index (χ3v) is 6.40. The number of aromatic amines is 1. The van der Waals surface area contributed by atoms with Crippen molar-refractivity contribution in [3.8, 4) is 0 Å². The lowest BCUT2D eigenvalue weighted by molar-refractivity contribution is 0.122. The van der Waals surface area contributed by atoms with Crippen LogP contribution < -0.4 is 9.80 Å². The Morgan fingerprint density at radius 2 is 1.81 bits per heavy atom. The van der Waals surface area contributed by atoms with Crippen molar-refractivity contribution in [2.24, 2.45) is 0 Å². The molecule has 26 heavy (non-hydrogen) atoms. The van der Waals surface area contributed by atoms with Gasteiger partial charge in [0.1, 0.15) is 5.82 Å². The van der Waals surface area contributed by atoms with Crippen molar-refractivity contribution >= 4 is 21.8 Å². The van der Waals surface area contributed by atoms with Gasteiger partial charge >= 0.3 is 0 Å². The summed E-state index contributed by atoms with van der Waals surface area (Å²) in [6.07, 6.45) is 4.46. The molecule has 11 heteroatoms. The van der Waals surface area contributed by atoms with E-state index >= 15 is 0 Å². The molecule has 0 radical (unpaired) electrons. The zero-order valence-corrected chi connectivity index (χ0v) is 15.1. The molecule has 2 aromatic heterocycles. The van der Waals surface area contributed by atoms with Crippen LogP contribution in [-0.2, 0) is 14.8 Å². The maximum atomic E-state index is 12.5. The van der Waals surface area contributed by atoms with Crippen molar-refractivity contribution in [3.05, 3.63) is 24.8 Å². The van der Waals surface area contributed by atoms with Gasteiger partial charge in [0, 0.05) is 45.5 Å². The average Bonchev–Trinajstić information content (AvgIpc) is 3.25. The van der Waals surface area contributed by atoms with E-state index in [1.807, 2.05) is 6.07 Å². The smallest absolute Gasteiger partial charge is 0.260 e. The van der Waals surface area contributed by atoms with Crippen molar-refractivity contribution in [2.45, 2.75) is 5.03 Å². The van der Waals surface area contributed by atoms with Crippen molar-refractivity contribution in [2.75, 3.05) is 62.3 Å². The van der Waals surface area contributed by atoms with E-state index in [4.69, 9.17) is 4.74 Å². The monoisotopic (exact) mass is 379 g/mol. The largest absolute Gasteiger partial charge is 0.378 e. The number of H-pyrrole nitrogens is 1. The second-order valence-corrected chi connectivity index (χ2v) is 8.03. The van der Waals surface area contributed by atoms with Crippen LogP contribution >= 0.6 is 0 Å².